The monoisotopic (exact) mass is 236 g/mol. The minimum atomic E-state index is -4.19. The molecule has 0 bridgehead atoms. The molecule has 2 N–H and O–H groups in total. The van der Waals surface area contributed by atoms with Gasteiger partial charge in [0.1, 0.15) is 17.6 Å². The lowest BCUT2D eigenvalue weighted by Gasteiger charge is -2.31. The number of methoxy groups -OCH3 is 1. The number of rotatable bonds is 2. The van der Waals surface area contributed by atoms with E-state index in [1.54, 1.807) is 7.11 Å². The fraction of sp³-hybridized carbons (Fsp3) is 0.714. The first-order valence-corrected chi connectivity index (χ1v) is 5.83. The zero-order chi connectivity index (χ0) is 11.1. The van der Waals surface area contributed by atoms with Crippen LogP contribution in [0.3, 0.4) is 0 Å². The van der Waals surface area contributed by atoms with Crippen LogP contribution in [-0.4, -0.2) is 50.9 Å². The van der Waals surface area contributed by atoms with Crippen molar-refractivity contribution in [2.24, 2.45) is 0 Å². The van der Waals surface area contributed by atoms with Crippen molar-refractivity contribution in [1.29, 1.82) is 0 Å². The molecule has 0 aromatic heterocycles. The molecule has 2 heterocycles. The van der Waals surface area contributed by atoms with Crippen molar-refractivity contribution in [3.05, 3.63) is 10.8 Å². The Kier molecular flexibility index (Phi) is 2.59. The van der Waals surface area contributed by atoms with E-state index < -0.39 is 10.1 Å². The molecule has 2 rings (SSSR count). The fourth-order valence-electron chi connectivity index (χ4n) is 1.54. The van der Waals surface area contributed by atoms with Crippen LogP contribution in [0.5, 0.6) is 0 Å². The summed E-state index contributed by atoms with van der Waals surface area (Å²) >= 11 is 0. The number of fused-ring (bicyclic) bond motifs is 1. The predicted molar refractivity (Wildman–Crippen MR) is 50.0 cm³/mol. The Hall–Kier alpha value is -0.830. The average Bonchev–Trinajstić information content (AvgIpc) is 2.59. The highest BCUT2D eigenvalue weighted by molar-refractivity contribution is 7.89. The maximum absolute atomic E-state index is 11.0. The molecule has 7 nitrogen and oxygen atoms in total. The van der Waals surface area contributed by atoms with E-state index >= 15 is 0 Å². The van der Waals surface area contributed by atoms with Crippen LogP contribution >= 0.6 is 0 Å². The van der Waals surface area contributed by atoms with Gasteiger partial charge >= 0.3 is 0 Å². The quantitative estimate of drug-likeness (QED) is 0.589. The van der Waals surface area contributed by atoms with Crippen molar-refractivity contribution in [3.8, 4) is 0 Å². The average molecular weight is 236 g/mol. The molecular formula is C7H12N2O5S. The highest BCUT2D eigenvalue weighted by Crippen LogP contribution is 2.24. The van der Waals surface area contributed by atoms with Gasteiger partial charge in [0.2, 0.25) is 5.88 Å². The summed E-state index contributed by atoms with van der Waals surface area (Å²) in [6.07, 6.45) is -0.109. The Morgan fingerprint density at radius 3 is 3.00 bits per heavy atom. The van der Waals surface area contributed by atoms with Crippen LogP contribution in [0.2, 0.25) is 0 Å². The van der Waals surface area contributed by atoms with Gasteiger partial charge in [-0.25, -0.2) is 5.43 Å². The van der Waals surface area contributed by atoms with Crippen molar-refractivity contribution in [2.75, 3.05) is 26.8 Å². The molecule has 15 heavy (non-hydrogen) atoms. The second kappa shape index (κ2) is 3.63. The molecule has 0 aromatic rings. The lowest BCUT2D eigenvalue weighted by Crippen LogP contribution is -2.45. The molecular weight excluding hydrogens is 224 g/mol. The third-order valence-electron chi connectivity index (χ3n) is 2.35. The molecule has 1 saturated heterocycles. The Labute approximate surface area is 87.4 Å². The van der Waals surface area contributed by atoms with E-state index in [1.165, 1.54) is 5.01 Å². The van der Waals surface area contributed by atoms with Crippen molar-refractivity contribution in [1.82, 2.24) is 10.4 Å². The molecule has 0 aliphatic carbocycles. The van der Waals surface area contributed by atoms with Crippen LogP contribution < -0.4 is 5.43 Å². The standard InChI is InChI=1S/C7H12N2O5S/c1-13-5-3-9-7(14-4-5)6(2-8-9)15(10,11)12/h5,8H,2-4H2,1H3,(H,10,11,12)/t5-/m1/s1. The second-order valence-corrected chi connectivity index (χ2v) is 4.76. The lowest BCUT2D eigenvalue weighted by atomic mass is 10.3. The van der Waals surface area contributed by atoms with Gasteiger partial charge in [0.05, 0.1) is 13.1 Å². The molecule has 0 saturated carbocycles. The van der Waals surface area contributed by atoms with Crippen LogP contribution in [0, 0.1) is 0 Å². The van der Waals surface area contributed by atoms with Crippen LogP contribution in [0.25, 0.3) is 0 Å². The summed E-state index contributed by atoms with van der Waals surface area (Å²) in [6.45, 7) is 0.818. The van der Waals surface area contributed by atoms with Gasteiger partial charge in [0.15, 0.2) is 0 Å². The van der Waals surface area contributed by atoms with E-state index in [9.17, 15) is 8.42 Å². The Morgan fingerprint density at radius 1 is 1.67 bits per heavy atom. The SMILES string of the molecule is CO[C@H]1COC2=C(S(=O)(=O)O)CNN2C1. The summed E-state index contributed by atoms with van der Waals surface area (Å²) in [6, 6.07) is 0. The number of nitrogens with zero attached hydrogens (tertiary/aromatic N) is 1. The zero-order valence-corrected chi connectivity index (χ0v) is 8.95. The maximum Gasteiger partial charge on any atom is 0.297 e. The van der Waals surface area contributed by atoms with Crippen molar-refractivity contribution in [2.45, 2.75) is 6.10 Å². The maximum atomic E-state index is 11.0. The largest absolute Gasteiger partial charge is 0.475 e. The van der Waals surface area contributed by atoms with Crippen molar-refractivity contribution in [3.63, 3.8) is 0 Å². The first-order valence-electron chi connectivity index (χ1n) is 4.39. The number of nitrogens with one attached hydrogen (secondary N) is 1. The molecule has 0 unspecified atom stereocenters. The highest BCUT2D eigenvalue weighted by Gasteiger charge is 2.36. The molecule has 8 heteroatoms. The summed E-state index contributed by atoms with van der Waals surface area (Å²) in [7, 11) is -2.63. The summed E-state index contributed by atoms with van der Waals surface area (Å²) in [5, 5.41) is 1.53. The minimum absolute atomic E-state index is 0.0462. The summed E-state index contributed by atoms with van der Waals surface area (Å²) in [5.74, 6) is 0.172. The summed E-state index contributed by atoms with van der Waals surface area (Å²) in [4.78, 5) is -0.128. The van der Waals surface area contributed by atoms with Gasteiger partial charge in [-0.15, -0.1) is 0 Å². The first kappa shape index (κ1) is 10.7. The van der Waals surface area contributed by atoms with Crippen LogP contribution in [0.15, 0.2) is 10.8 Å². The summed E-state index contributed by atoms with van der Waals surface area (Å²) < 4.78 is 41.1. The molecule has 86 valence electrons. The van der Waals surface area contributed by atoms with Gasteiger partial charge in [-0.05, 0) is 0 Å². The van der Waals surface area contributed by atoms with E-state index in [2.05, 4.69) is 5.43 Å². The second-order valence-electron chi connectivity index (χ2n) is 3.32. The summed E-state index contributed by atoms with van der Waals surface area (Å²) in [5.41, 5.74) is 2.79. The molecule has 0 aromatic carbocycles. The van der Waals surface area contributed by atoms with Crippen LogP contribution in [0.1, 0.15) is 0 Å². The number of hydrogen-bond acceptors (Lipinski definition) is 6. The number of ether oxygens (including phenoxy) is 2. The van der Waals surface area contributed by atoms with E-state index in [4.69, 9.17) is 14.0 Å². The van der Waals surface area contributed by atoms with Gasteiger partial charge < -0.3 is 9.47 Å². The highest BCUT2D eigenvalue weighted by atomic mass is 32.2. The molecule has 1 atom stereocenters. The number of hydrazine groups is 1. The van der Waals surface area contributed by atoms with Gasteiger partial charge in [0, 0.05) is 7.11 Å². The molecule has 0 radical (unpaired) electrons. The van der Waals surface area contributed by atoms with E-state index in [0.29, 0.717) is 6.54 Å². The zero-order valence-electron chi connectivity index (χ0n) is 8.13. The van der Waals surface area contributed by atoms with Crippen molar-refractivity contribution < 1.29 is 22.4 Å². The Morgan fingerprint density at radius 2 is 2.40 bits per heavy atom. The Balaban J connectivity index is 2.24. The minimum Gasteiger partial charge on any atom is -0.475 e. The molecule has 0 spiro atoms. The fourth-order valence-corrected chi connectivity index (χ4v) is 2.18. The van der Waals surface area contributed by atoms with E-state index in [1.807, 2.05) is 0 Å². The van der Waals surface area contributed by atoms with Gasteiger partial charge in [-0.3, -0.25) is 9.56 Å². The van der Waals surface area contributed by atoms with Gasteiger partial charge in [0.25, 0.3) is 10.1 Å². The smallest absolute Gasteiger partial charge is 0.297 e. The molecule has 1 fully saturated rings. The lowest BCUT2D eigenvalue weighted by molar-refractivity contribution is -0.0567. The van der Waals surface area contributed by atoms with Crippen LogP contribution in [0.4, 0.5) is 0 Å². The normalized spacial score (nSPS) is 26.5. The molecule has 0 amide bonds. The predicted octanol–water partition coefficient (Wildman–Crippen LogP) is -1.09. The topological polar surface area (TPSA) is 88.1 Å². The third-order valence-corrected chi connectivity index (χ3v) is 3.29. The van der Waals surface area contributed by atoms with E-state index in [-0.39, 0.29) is 30.0 Å². The number of hydrogen-bond donors (Lipinski definition) is 2. The third kappa shape index (κ3) is 1.93. The molecule has 2 aliphatic rings. The Bertz CT molecular complexity index is 390. The van der Waals surface area contributed by atoms with Gasteiger partial charge in [-0.2, -0.15) is 8.42 Å². The van der Waals surface area contributed by atoms with Gasteiger partial charge in [-0.1, -0.05) is 0 Å². The first-order chi connectivity index (χ1) is 7.02. The van der Waals surface area contributed by atoms with Crippen LogP contribution in [-0.2, 0) is 19.6 Å². The molecule has 2 aliphatic heterocycles. The van der Waals surface area contributed by atoms with Crippen molar-refractivity contribution >= 4 is 10.1 Å². The van der Waals surface area contributed by atoms with E-state index in [0.717, 1.165) is 0 Å².